The van der Waals surface area contributed by atoms with Crippen LogP contribution in [0.15, 0.2) is 36.4 Å². The third-order valence-corrected chi connectivity index (χ3v) is 2.51. The summed E-state index contributed by atoms with van der Waals surface area (Å²) < 4.78 is 5.70. The maximum absolute atomic E-state index is 11.1. The van der Waals surface area contributed by atoms with Crippen molar-refractivity contribution in [3.05, 3.63) is 42.0 Å². The van der Waals surface area contributed by atoms with Gasteiger partial charge in [-0.15, -0.1) is 0 Å². The van der Waals surface area contributed by atoms with Crippen LogP contribution in [0.4, 0.5) is 0 Å². The number of halogens is 1. The fourth-order valence-electron chi connectivity index (χ4n) is 0.968. The Labute approximate surface area is 97.1 Å². The molecule has 0 fully saturated rings. The van der Waals surface area contributed by atoms with E-state index in [2.05, 4.69) is 22.6 Å². The Kier molecular flexibility index (Phi) is 4.65. The summed E-state index contributed by atoms with van der Waals surface area (Å²) in [5, 5.41) is 0. The third-order valence-electron chi connectivity index (χ3n) is 1.58. The largest absolute Gasteiger partial charge is 0.463 e. The zero-order valence-electron chi connectivity index (χ0n) is 7.87. The Morgan fingerprint density at radius 2 is 2.07 bits per heavy atom. The molecule has 3 heteroatoms. The van der Waals surface area contributed by atoms with Crippen LogP contribution < -0.4 is 0 Å². The summed E-state index contributed by atoms with van der Waals surface area (Å²) in [4.78, 5) is 11.1. The van der Waals surface area contributed by atoms with Gasteiger partial charge >= 0.3 is 5.97 Å². The number of benzene rings is 1. The smallest absolute Gasteiger partial charge is 0.331 e. The van der Waals surface area contributed by atoms with Crippen molar-refractivity contribution in [1.29, 1.82) is 0 Å². The molecule has 0 saturated carbocycles. The molecule has 0 spiro atoms. The molecular formula is C11H11IO2. The average molecular weight is 302 g/mol. The number of carbonyl (C=O) groups is 1. The molecule has 0 unspecified atom stereocenters. The first-order valence-electron chi connectivity index (χ1n) is 4.33. The topological polar surface area (TPSA) is 26.3 Å². The molecule has 0 aliphatic carbocycles. The molecule has 0 N–H and O–H groups in total. The highest BCUT2D eigenvalue weighted by atomic mass is 127. The molecule has 0 atom stereocenters. The fourth-order valence-corrected chi connectivity index (χ4v) is 1.58. The fraction of sp³-hybridized carbons (Fsp3) is 0.182. The SMILES string of the molecule is CCOC(=O)/C=C(\I)c1ccccc1. The van der Waals surface area contributed by atoms with Gasteiger partial charge in [-0.05, 0) is 35.1 Å². The molecule has 0 saturated heterocycles. The highest BCUT2D eigenvalue weighted by molar-refractivity contribution is 14.1. The minimum atomic E-state index is -0.291. The molecule has 0 heterocycles. The van der Waals surface area contributed by atoms with Gasteiger partial charge < -0.3 is 4.74 Å². The molecule has 0 bridgehead atoms. The van der Waals surface area contributed by atoms with Crippen LogP contribution >= 0.6 is 22.6 Å². The molecule has 0 aromatic heterocycles. The first kappa shape index (κ1) is 11.2. The Hall–Kier alpha value is -0.840. The van der Waals surface area contributed by atoms with E-state index in [9.17, 15) is 4.79 Å². The Balaban J connectivity index is 2.75. The molecule has 74 valence electrons. The van der Waals surface area contributed by atoms with E-state index in [0.29, 0.717) is 6.61 Å². The van der Waals surface area contributed by atoms with Gasteiger partial charge in [0.15, 0.2) is 0 Å². The van der Waals surface area contributed by atoms with E-state index in [4.69, 9.17) is 4.74 Å². The van der Waals surface area contributed by atoms with Gasteiger partial charge in [0.25, 0.3) is 0 Å². The number of hydrogen-bond donors (Lipinski definition) is 0. The van der Waals surface area contributed by atoms with Crippen molar-refractivity contribution < 1.29 is 9.53 Å². The van der Waals surface area contributed by atoms with Crippen LogP contribution in [0, 0.1) is 0 Å². The Morgan fingerprint density at radius 1 is 1.43 bits per heavy atom. The summed E-state index contributed by atoms with van der Waals surface area (Å²) in [6, 6.07) is 9.73. The number of hydrogen-bond acceptors (Lipinski definition) is 2. The van der Waals surface area contributed by atoms with E-state index in [1.54, 1.807) is 6.92 Å². The summed E-state index contributed by atoms with van der Waals surface area (Å²) in [6.07, 6.45) is 1.50. The molecule has 1 rings (SSSR count). The number of carbonyl (C=O) groups excluding carboxylic acids is 1. The van der Waals surface area contributed by atoms with Gasteiger partial charge in [-0.25, -0.2) is 4.79 Å². The zero-order chi connectivity index (χ0) is 10.4. The van der Waals surface area contributed by atoms with Crippen LogP contribution in [-0.4, -0.2) is 12.6 Å². The first-order valence-corrected chi connectivity index (χ1v) is 5.41. The van der Waals surface area contributed by atoms with Crippen molar-refractivity contribution in [2.24, 2.45) is 0 Å². The van der Waals surface area contributed by atoms with Crippen molar-refractivity contribution in [1.82, 2.24) is 0 Å². The lowest BCUT2D eigenvalue weighted by Crippen LogP contribution is -1.99. The van der Waals surface area contributed by atoms with Gasteiger partial charge in [-0.2, -0.15) is 0 Å². The standard InChI is InChI=1S/C11H11IO2/c1-2-14-11(13)8-10(12)9-6-4-3-5-7-9/h3-8H,2H2,1H3/b10-8-. The highest BCUT2D eigenvalue weighted by Crippen LogP contribution is 2.20. The second-order valence-corrected chi connectivity index (χ2v) is 3.77. The van der Waals surface area contributed by atoms with E-state index in [0.717, 1.165) is 9.14 Å². The van der Waals surface area contributed by atoms with Gasteiger partial charge in [0.2, 0.25) is 0 Å². The van der Waals surface area contributed by atoms with Crippen molar-refractivity contribution >= 4 is 32.1 Å². The average Bonchev–Trinajstić information content (AvgIpc) is 2.19. The number of rotatable bonds is 3. The van der Waals surface area contributed by atoms with Crippen molar-refractivity contribution in [3.63, 3.8) is 0 Å². The number of ether oxygens (including phenoxy) is 1. The minimum absolute atomic E-state index is 0.291. The van der Waals surface area contributed by atoms with Gasteiger partial charge in [-0.3, -0.25) is 0 Å². The van der Waals surface area contributed by atoms with E-state index < -0.39 is 0 Å². The predicted octanol–water partition coefficient (Wildman–Crippen LogP) is 3.03. The molecule has 2 nitrogen and oxygen atoms in total. The highest BCUT2D eigenvalue weighted by Gasteiger charge is 2.00. The second-order valence-electron chi connectivity index (χ2n) is 2.61. The number of esters is 1. The predicted molar refractivity (Wildman–Crippen MR) is 65.1 cm³/mol. The Bertz CT molecular complexity index is 330. The van der Waals surface area contributed by atoms with E-state index in [-0.39, 0.29) is 5.97 Å². The van der Waals surface area contributed by atoms with Crippen LogP contribution in [0.25, 0.3) is 3.58 Å². The van der Waals surface area contributed by atoms with Gasteiger partial charge in [0.1, 0.15) is 0 Å². The normalized spacial score (nSPS) is 11.1. The molecule has 14 heavy (non-hydrogen) atoms. The quantitative estimate of drug-likeness (QED) is 0.487. The van der Waals surface area contributed by atoms with Crippen molar-refractivity contribution in [2.45, 2.75) is 6.92 Å². The maximum atomic E-state index is 11.1. The minimum Gasteiger partial charge on any atom is -0.463 e. The van der Waals surface area contributed by atoms with Crippen molar-refractivity contribution in [3.8, 4) is 0 Å². The van der Waals surface area contributed by atoms with Crippen molar-refractivity contribution in [2.75, 3.05) is 6.61 Å². The van der Waals surface area contributed by atoms with Crippen LogP contribution in [0.3, 0.4) is 0 Å². The molecule has 0 amide bonds. The maximum Gasteiger partial charge on any atom is 0.331 e. The van der Waals surface area contributed by atoms with Gasteiger partial charge in [0.05, 0.1) is 6.61 Å². The van der Waals surface area contributed by atoms with Crippen LogP contribution in [0.2, 0.25) is 0 Å². The molecular weight excluding hydrogens is 291 g/mol. The summed E-state index contributed by atoms with van der Waals surface area (Å²) in [7, 11) is 0. The summed E-state index contributed by atoms with van der Waals surface area (Å²) in [6.45, 7) is 2.20. The van der Waals surface area contributed by atoms with Gasteiger partial charge in [0, 0.05) is 9.66 Å². The summed E-state index contributed by atoms with van der Waals surface area (Å²) >= 11 is 2.12. The zero-order valence-corrected chi connectivity index (χ0v) is 10.0. The van der Waals surface area contributed by atoms with Gasteiger partial charge in [-0.1, -0.05) is 30.3 Å². The lowest BCUT2D eigenvalue weighted by molar-refractivity contribution is -0.137. The lowest BCUT2D eigenvalue weighted by atomic mass is 10.2. The molecule has 0 aliphatic rings. The second kappa shape index (κ2) is 5.80. The van der Waals surface area contributed by atoms with Crippen LogP contribution in [-0.2, 0) is 9.53 Å². The van der Waals surface area contributed by atoms with E-state index in [1.165, 1.54) is 6.08 Å². The summed E-state index contributed by atoms with van der Waals surface area (Å²) in [5.41, 5.74) is 1.03. The van der Waals surface area contributed by atoms with Crippen LogP contribution in [0.1, 0.15) is 12.5 Å². The molecule has 1 aromatic rings. The molecule has 0 radical (unpaired) electrons. The lowest BCUT2D eigenvalue weighted by Gasteiger charge is -1.99. The third kappa shape index (κ3) is 3.49. The van der Waals surface area contributed by atoms with E-state index in [1.807, 2.05) is 30.3 Å². The first-order chi connectivity index (χ1) is 6.74. The molecule has 0 aliphatic heterocycles. The Morgan fingerprint density at radius 3 is 2.64 bits per heavy atom. The van der Waals surface area contributed by atoms with E-state index >= 15 is 0 Å². The summed E-state index contributed by atoms with van der Waals surface area (Å²) in [5.74, 6) is -0.291. The van der Waals surface area contributed by atoms with Crippen LogP contribution in [0.5, 0.6) is 0 Å². The monoisotopic (exact) mass is 302 g/mol. The molecule has 1 aromatic carbocycles.